The van der Waals surface area contributed by atoms with E-state index in [4.69, 9.17) is 9.47 Å². The molecule has 0 bridgehead atoms. The Morgan fingerprint density at radius 2 is 2.05 bits per heavy atom. The van der Waals surface area contributed by atoms with Gasteiger partial charge in [-0.05, 0) is 44.7 Å². The molecule has 1 heterocycles. The molecule has 1 amide bonds. The number of rotatable bonds is 5. The Morgan fingerprint density at radius 3 is 2.65 bits per heavy atom. The van der Waals surface area contributed by atoms with Gasteiger partial charge in [-0.15, -0.1) is 0 Å². The Labute approximate surface area is 120 Å². The van der Waals surface area contributed by atoms with Gasteiger partial charge in [-0.25, -0.2) is 0 Å². The molecule has 4 heteroatoms. The maximum atomic E-state index is 11.8. The lowest BCUT2D eigenvalue weighted by Gasteiger charge is -2.14. The number of aryl methyl sites for hydroxylation is 3. The summed E-state index contributed by atoms with van der Waals surface area (Å²) in [6.45, 7) is 7.49. The van der Waals surface area contributed by atoms with Crippen molar-refractivity contribution < 1.29 is 14.3 Å². The van der Waals surface area contributed by atoms with Gasteiger partial charge in [0.25, 0.3) is 5.91 Å². The van der Waals surface area contributed by atoms with Crippen LogP contribution in [0, 0.1) is 20.8 Å². The molecule has 110 valence electrons. The van der Waals surface area contributed by atoms with E-state index in [1.165, 1.54) is 5.56 Å². The van der Waals surface area contributed by atoms with Gasteiger partial charge in [-0.3, -0.25) is 4.79 Å². The maximum Gasteiger partial charge on any atom is 0.258 e. The Hall–Kier alpha value is -1.55. The molecular formula is C16H23NO3. The highest BCUT2D eigenvalue weighted by atomic mass is 16.5. The minimum Gasteiger partial charge on any atom is -0.483 e. The van der Waals surface area contributed by atoms with Crippen molar-refractivity contribution in [2.24, 2.45) is 0 Å². The molecule has 0 spiro atoms. The van der Waals surface area contributed by atoms with Crippen molar-refractivity contribution in [1.82, 2.24) is 5.32 Å². The molecule has 0 saturated carbocycles. The Kier molecular flexibility index (Phi) is 5.01. The average molecular weight is 277 g/mol. The van der Waals surface area contributed by atoms with Gasteiger partial charge in [-0.1, -0.05) is 17.7 Å². The molecule has 1 fully saturated rings. The first-order valence-electron chi connectivity index (χ1n) is 7.15. The van der Waals surface area contributed by atoms with Crippen LogP contribution in [0.5, 0.6) is 5.75 Å². The molecule has 20 heavy (non-hydrogen) atoms. The summed E-state index contributed by atoms with van der Waals surface area (Å²) >= 11 is 0. The van der Waals surface area contributed by atoms with E-state index in [2.05, 4.69) is 24.4 Å². The number of nitrogens with one attached hydrogen (secondary N) is 1. The zero-order chi connectivity index (χ0) is 14.5. The van der Waals surface area contributed by atoms with Crippen LogP contribution in [0.4, 0.5) is 0 Å². The van der Waals surface area contributed by atoms with E-state index in [-0.39, 0.29) is 18.6 Å². The van der Waals surface area contributed by atoms with Crippen molar-refractivity contribution in [2.45, 2.75) is 39.7 Å². The van der Waals surface area contributed by atoms with Gasteiger partial charge in [-0.2, -0.15) is 0 Å². The van der Waals surface area contributed by atoms with Gasteiger partial charge in [0.2, 0.25) is 0 Å². The van der Waals surface area contributed by atoms with Crippen molar-refractivity contribution in [3.63, 3.8) is 0 Å². The summed E-state index contributed by atoms with van der Waals surface area (Å²) in [5.74, 6) is 0.711. The van der Waals surface area contributed by atoms with E-state index < -0.39 is 0 Å². The molecule has 1 saturated heterocycles. The van der Waals surface area contributed by atoms with Crippen LogP contribution in [0.25, 0.3) is 0 Å². The monoisotopic (exact) mass is 277 g/mol. The molecule has 1 aliphatic rings. The summed E-state index contributed by atoms with van der Waals surface area (Å²) in [6, 6.07) is 4.12. The summed E-state index contributed by atoms with van der Waals surface area (Å²) in [5.41, 5.74) is 3.33. The predicted molar refractivity (Wildman–Crippen MR) is 78.1 cm³/mol. The third-order valence-corrected chi connectivity index (χ3v) is 3.50. The fraction of sp³-hybridized carbons (Fsp3) is 0.562. The van der Waals surface area contributed by atoms with Crippen LogP contribution < -0.4 is 10.1 Å². The van der Waals surface area contributed by atoms with E-state index in [1.54, 1.807) is 0 Å². The number of benzene rings is 1. The first kappa shape index (κ1) is 14.9. The molecule has 0 unspecified atom stereocenters. The number of ether oxygens (including phenoxy) is 2. The molecule has 0 radical (unpaired) electrons. The molecule has 0 aromatic heterocycles. The summed E-state index contributed by atoms with van der Waals surface area (Å²) in [7, 11) is 0. The van der Waals surface area contributed by atoms with E-state index in [0.717, 1.165) is 36.3 Å². The minimum absolute atomic E-state index is 0.0530. The fourth-order valence-corrected chi connectivity index (χ4v) is 2.62. The quantitative estimate of drug-likeness (QED) is 0.898. The van der Waals surface area contributed by atoms with Gasteiger partial charge >= 0.3 is 0 Å². The Bertz CT molecular complexity index is 456. The normalized spacial score (nSPS) is 18.1. The van der Waals surface area contributed by atoms with Gasteiger partial charge in [0, 0.05) is 13.2 Å². The van der Waals surface area contributed by atoms with E-state index in [0.29, 0.717) is 6.54 Å². The lowest BCUT2D eigenvalue weighted by Crippen LogP contribution is -2.35. The van der Waals surface area contributed by atoms with Gasteiger partial charge in [0.15, 0.2) is 6.61 Å². The third-order valence-electron chi connectivity index (χ3n) is 3.50. The van der Waals surface area contributed by atoms with Crippen molar-refractivity contribution >= 4 is 5.91 Å². The van der Waals surface area contributed by atoms with Crippen molar-refractivity contribution in [2.75, 3.05) is 19.8 Å². The first-order chi connectivity index (χ1) is 9.56. The van der Waals surface area contributed by atoms with Crippen LogP contribution in [0.15, 0.2) is 12.1 Å². The number of carbonyl (C=O) groups is 1. The SMILES string of the molecule is Cc1cc(C)c(OCC(=O)NC[C@@H]2CCCO2)c(C)c1. The van der Waals surface area contributed by atoms with Crippen molar-refractivity contribution in [3.05, 3.63) is 28.8 Å². The fourth-order valence-electron chi connectivity index (χ4n) is 2.62. The zero-order valence-corrected chi connectivity index (χ0v) is 12.5. The molecule has 1 N–H and O–H groups in total. The summed E-state index contributed by atoms with van der Waals surface area (Å²) in [6.07, 6.45) is 2.28. The summed E-state index contributed by atoms with van der Waals surface area (Å²) < 4.78 is 11.1. The molecular weight excluding hydrogens is 254 g/mol. The highest BCUT2D eigenvalue weighted by molar-refractivity contribution is 5.77. The van der Waals surface area contributed by atoms with Crippen LogP contribution in [0.1, 0.15) is 29.5 Å². The van der Waals surface area contributed by atoms with Crippen molar-refractivity contribution in [3.8, 4) is 5.75 Å². The molecule has 1 atom stereocenters. The molecule has 1 aromatic carbocycles. The lowest BCUT2D eigenvalue weighted by molar-refractivity contribution is -0.123. The van der Waals surface area contributed by atoms with Crippen LogP contribution in [-0.4, -0.2) is 31.8 Å². The average Bonchev–Trinajstić information content (AvgIpc) is 2.88. The topological polar surface area (TPSA) is 47.6 Å². The van der Waals surface area contributed by atoms with Crippen molar-refractivity contribution in [1.29, 1.82) is 0 Å². The zero-order valence-electron chi connectivity index (χ0n) is 12.5. The van der Waals surface area contributed by atoms with Gasteiger partial charge < -0.3 is 14.8 Å². The molecule has 0 aliphatic carbocycles. The maximum absolute atomic E-state index is 11.8. The molecule has 1 aliphatic heterocycles. The minimum atomic E-state index is -0.0973. The molecule has 4 nitrogen and oxygen atoms in total. The Morgan fingerprint density at radius 1 is 1.35 bits per heavy atom. The van der Waals surface area contributed by atoms with E-state index in [1.807, 2.05) is 13.8 Å². The smallest absolute Gasteiger partial charge is 0.258 e. The van der Waals surface area contributed by atoms with E-state index >= 15 is 0 Å². The van der Waals surface area contributed by atoms with Gasteiger partial charge in [0.05, 0.1) is 6.10 Å². The summed E-state index contributed by atoms with van der Waals surface area (Å²) in [5, 5.41) is 2.86. The third kappa shape index (κ3) is 3.97. The lowest BCUT2D eigenvalue weighted by atomic mass is 10.1. The first-order valence-corrected chi connectivity index (χ1v) is 7.15. The highest BCUT2D eigenvalue weighted by Crippen LogP contribution is 2.24. The van der Waals surface area contributed by atoms with Crippen LogP contribution in [-0.2, 0) is 9.53 Å². The van der Waals surface area contributed by atoms with Crippen LogP contribution in [0.2, 0.25) is 0 Å². The van der Waals surface area contributed by atoms with Gasteiger partial charge in [0.1, 0.15) is 5.75 Å². The second kappa shape index (κ2) is 6.75. The van der Waals surface area contributed by atoms with Crippen LogP contribution >= 0.6 is 0 Å². The molecule has 2 rings (SSSR count). The number of hydrogen-bond acceptors (Lipinski definition) is 3. The second-order valence-electron chi connectivity index (χ2n) is 5.46. The number of carbonyl (C=O) groups excluding carboxylic acids is 1. The largest absolute Gasteiger partial charge is 0.483 e. The number of amides is 1. The molecule has 1 aromatic rings. The Balaban J connectivity index is 1.81. The number of hydrogen-bond donors (Lipinski definition) is 1. The van der Waals surface area contributed by atoms with E-state index in [9.17, 15) is 4.79 Å². The summed E-state index contributed by atoms with van der Waals surface area (Å²) in [4.78, 5) is 11.8. The predicted octanol–water partition coefficient (Wildman–Crippen LogP) is 2.29. The van der Waals surface area contributed by atoms with Crippen LogP contribution in [0.3, 0.4) is 0 Å². The highest BCUT2D eigenvalue weighted by Gasteiger charge is 2.16. The second-order valence-corrected chi connectivity index (χ2v) is 5.46. The standard InChI is InChI=1S/C16H23NO3/c1-11-7-12(2)16(13(3)8-11)20-10-15(18)17-9-14-5-4-6-19-14/h7-8,14H,4-6,9-10H2,1-3H3,(H,17,18)/t14-/m0/s1.